The molecule has 0 radical (unpaired) electrons. The highest BCUT2D eigenvalue weighted by atomic mass is 16.6. The molecule has 5 nitrogen and oxygen atoms in total. The summed E-state index contributed by atoms with van der Waals surface area (Å²) in [5.74, 6) is 2.81. The van der Waals surface area contributed by atoms with E-state index in [-0.39, 0.29) is 0 Å². The number of hydrogen-bond acceptors (Lipinski definition) is 5. The van der Waals surface area contributed by atoms with Crippen molar-refractivity contribution in [1.82, 2.24) is 9.88 Å². The molecule has 120 valence electrons. The van der Waals surface area contributed by atoms with Crippen LogP contribution in [0, 0.1) is 0 Å². The summed E-state index contributed by atoms with van der Waals surface area (Å²) in [7, 11) is 0. The predicted octanol–water partition coefficient (Wildman–Crippen LogP) is 2.17. The van der Waals surface area contributed by atoms with Gasteiger partial charge in [-0.3, -0.25) is 4.90 Å². The predicted molar refractivity (Wildman–Crippen MR) is 89.2 cm³/mol. The lowest BCUT2D eigenvalue weighted by Crippen LogP contribution is -2.46. The minimum atomic E-state index is 0.638. The minimum absolute atomic E-state index is 0.638. The molecule has 1 aromatic carbocycles. The zero-order chi connectivity index (χ0) is 15.5. The van der Waals surface area contributed by atoms with Crippen LogP contribution in [0.15, 0.2) is 42.6 Å². The Hall–Kier alpha value is -2.27. The third-order valence-electron chi connectivity index (χ3n) is 4.36. The van der Waals surface area contributed by atoms with E-state index in [0.29, 0.717) is 13.2 Å². The fourth-order valence-electron chi connectivity index (χ4n) is 3.12. The van der Waals surface area contributed by atoms with Crippen molar-refractivity contribution in [1.29, 1.82) is 0 Å². The Morgan fingerprint density at radius 1 is 0.913 bits per heavy atom. The van der Waals surface area contributed by atoms with Gasteiger partial charge in [0, 0.05) is 38.9 Å². The summed E-state index contributed by atoms with van der Waals surface area (Å²) in [5.41, 5.74) is 1.28. The number of hydrogen-bond donors (Lipinski definition) is 0. The van der Waals surface area contributed by atoms with Crippen LogP contribution < -0.4 is 14.4 Å². The van der Waals surface area contributed by atoms with Crippen molar-refractivity contribution in [3.8, 4) is 11.5 Å². The summed E-state index contributed by atoms with van der Waals surface area (Å²) in [6.07, 6.45) is 1.86. The minimum Gasteiger partial charge on any atom is -0.486 e. The summed E-state index contributed by atoms with van der Waals surface area (Å²) in [6, 6.07) is 12.4. The third kappa shape index (κ3) is 3.24. The summed E-state index contributed by atoms with van der Waals surface area (Å²) in [4.78, 5) is 9.26. The zero-order valence-corrected chi connectivity index (χ0v) is 13.1. The molecule has 1 aromatic heterocycles. The number of ether oxygens (including phenoxy) is 2. The molecular weight excluding hydrogens is 290 g/mol. The Bertz CT molecular complexity index is 655. The van der Waals surface area contributed by atoms with Crippen molar-refractivity contribution in [2.45, 2.75) is 6.54 Å². The van der Waals surface area contributed by atoms with E-state index in [1.54, 1.807) is 0 Å². The van der Waals surface area contributed by atoms with E-state index in [4.69, 9.17) is 9.47 Å². The summed E-state index contributed by atoms with van der Waals surface area (Å²) >= 11 is 0. The van der Waals surface area contributed by atoms with Crippen LogP contribution in [0.25, 0.3) is 0 Å². The number of nitrogens with zero attached hydrogens (tertiary/aromatic N) is 3. The van der Waals surface area contributed by atoms with Crippen molar-refractivity contribution in [3.05, 3.63) is 48.2 Å². The van der Waals surface area contributed by atoms with Crippen LogP contribution in [0.2, 0.25) is 0 Å². The monoisotopic (exact) mass is 311 g/mol. The molecule has 0 aliphatic carbocycles. The molecule has 1 saturated heterocycles. The maximum atomic E-state index is 5.67. The first-order valence-corrected chi connectivity index (χ1v) is 8.15. The Morgan fingerprint density at radius 2 is 1.74 bits per heavy atom. The van der Waals surface area contributed by atoms with Crippen molar-refractivity contribution in [3.63, 3.8) is 0 Å². The largest absolute Gasteiger partial charge is 0.486 e. The van der Waals surface area contributed by atoms with Gasteiger partial charge in [-0.25, -0.2) is 4.98 Å². The van der Waals surface area contributed by atoms with Crippen LogP contribution in [-0.4, -0.2) is 49.3 Å². The lowest BCUT2D eigenvalue weighted by atomic mass is 10.1. The number of pyridine rings is 1. The van der Waals surface area contributed by atoms with Gasteiger partial charge in [0.05, 0.1) is 0 Å². The average Bonchev–Trinajstić information content (AvgIpc) is 2.63. The van der Waals surface area contributed by atoms with E-state index >= 15 is 0 Å². The quantitative estimate of drug-likeness (QED) is 0.868. The first-order valence-electron chi connectivity index (χ1n) is 8.15. The molecule has 0 saturated carbocycles. The van der Waals surface area contributed by atoms with Gasteiger partial charge in [0.15, 0.2) is 11.5 Å². The second kappa shape index (κ2) is 6.46. The smallest absolute Gasteiger partial charge is 0.161 e. The van der Waals surface area contributed by atoms with Gasteiger partial charge < -0.3 is 14.4 Å². The molecule has 4 rings (SSSR count). The first kappa shape index (κ1) is 14.3. The van der Waals surface area contributed by atoms with E-state index in [1.807, 2.05) is 24.4 Å². The molecule has 3 heterocycles. The van der Waals surface area contributed by atoms with Crippen molar-refractivity contribution < 1.29 is 9.47 Å². The molecule has 23 heavy (non-hydrogen) atoms. The molecule has 5 heteroatoms. The highest BCUT2D eigenvalue weighted by Crippen LogP contribution is 2.31. The van der Waals surface area contributed by atoms with Crippen LogP contribution in [0.3, 0.4) is 0 Å². The van der Waals surface area contributed by atoms with Crippen molar-refractivity contribution in [2.75, 3.05) is 44.3 Å². The van der Waals surface area contributed by atoms with Gasteiger partial charge in [-0.2, -0.15) is 0 Å². The molecule has 0 atom stereocenters. The van der Waals surface area contributed by atoms with Crippen molar-refractivity contribution in [2.24, 2.45) is 0 Å². The lowest BCUT2D eigenvalue weighted by molar-refractivity contribution is 0.171. The van der Waals surface area contributed by atoms with Gasteiger partial charge in [-0.1, -0.05) is 12.1 Å². The van der Waals surface area contributed by atoms with Gasteiger partial charge in [0.1, 0.15) is 19.0 Å². The fraction of sp³-hybridized carbons (Fsp3) is 0.389. The summed E-state index contributed by atoms with van der Waals surface area (Å²) in [6.45, 7) is 6.35. The average molecular weight is 311 g/mol. The molecule has 2 aromatic rings. The highest BCUT2D eigenvalue weighted by Gasteiger charge is 2.19. The topological polar surface area (TPSA) is 37.8 Å². The Balaban J connectivity index is 1.36. The van der Waals surface area contributed by atoms with Gasteiger partial charge in [0.25, 0.3) is 0 Å². The second-order valence-electron chi connectivity index (χ2n) is 5.93. The standard InChI is InChI=1S/C18H21N3O2/c1-2-6-19-18(3-1)21-9-7-20(8-10-21)14-15-4-5-16-17(13-15)23-12-11-22-16/h1-6,13H,7-12,14H2. The second-order valence-corrected chi connectivity index (χ2v) is 5.93. The van der Waals surface area contributed by atoms with E-state index in [0.717, 1.165) is 50.0 Å². The Morgan fingerprint density at radius 3 is 2.52 bits per heavy atom. The number of anilines is 1. The van der Waals surface area contributed by atoms with Crippen LogP contribution in [0.5, 0.6) is 11.5 Å². The molecule has 0 bridgehead atoms. The zero-order valence-electron chi connectivity index (χ0n) is 13.1. The molecular formula is C18H21N3O2. The highest BCUT2D eigenvalue weighted by molar-refractivity contribution is 5.44. The molecule has 2 aliphatic rings. The van der Waals surface area contributed by atoms with E-state index in [9.17, 15) is 0 Å². The van der Waals surface area contributed by atoms with Gasteiger partial charge in [-0.05, 0) is 29.8 Å². The normalized spacial score (nSPS) is 18.0. The van der Waals surface area contributed by atoms with E-state index in [1.165, 1.54) is 5.56 Å². The van der Waals surface area contributed by atoms with E-state index in [2.05, 4.69) is 33.0 Å². The molecule has 0 N–H and O–H groups in total. The Labute approximate surface area is 136 Å². The van der Waals surface area contributed by atoms with Gasteiger partial charge in [-0.15, -0.1) is 0 Å². The number of benzene rings is 1. The SMILES string of the molecule is c1ccc(N2CCN(Cc3ccc4c(c3)OCCO4)CC2)nc1. The van der Waals surface area contributed by atoms with Crippen LogP contribution >= 0.6 is 0 Å². The first-order chi connectivity index (χ1) is 11.4. The third-order valence-corrected chi connectivity index (χ3v) is 4.36. The maximum absolute atomic E-state index is 5.67. The molecule has 2 aliphatic heterocycles. The lowest BCUT2D eigenvalue weighted by Gasteiger charge is -2.35. The number of rotatable bonds is 3. The van der Waals surface area contributed by atoms with Crippen LogP contribution in [0.1, 0.15) is 5.56 Å². The number of piperazine rings is 1. The maximum Gasteiger partial charge on any atom is 0.161 e. The number of fused-ring (bicyclic) bond motifs is 1. The summed E-state index contributed by atoms with van der Waals surface area (Å²) < 4.78 is 11.2. The summed E-state index contributed by atoms with van der Waals surface area (Å²) in [5, 5.41) is 0. The van der Waals surface area contributed by atoms with Gasteiger partial charge in [0.2, 0.25) is 0 Å². The number of aromatic nitrogens is 1. The molecule has 0 amide bonds. The molecule has 1 fully saturated rings. The Kier molecular flexibility index (Phi) is 4.03. The van der Waals surface area contributed by atoms with Crippen molar-refractivity contribution >= 4 is 5.82 Å². The van der Waals surface area contributed by atoms with Gasteiger partial charge >= 0.3 is 0 Å². The molecule has 0 spiro atoms. The molecule has 0 unspecified atom stereocenters. The fourth-order valence-corrected chi connectivity index (χ4v) is 3.12. The van der Waals surface area contributed by atoms with Crippen LogP contribution in [-0.2, 0) is 6.54 Å². The van der Waals surface area contributed by atoms with Crippen LogP contribution in [0.4, 0.5) is 5.82 Å². The van der Waals surface area contributed by atoms with E-state index < -0.39 is 0 Å².